The third kappa shape index (κ3) is 3.22. The van der Waals surface area contributed by atoms with E-state index in [9.17, 15) is 0 Å². The van der Waals surface area contributed by atoms with Crippen molar-refractivity contribution >= 4 is 0 Å². The van der Waals surface area contributed by atoms with Gasteiger partial charge in [0.15, 0.2) is 11.5 Å². The predicted molar refractivity (Wildman–Crippen MR) is 76.2 cm³/mol. The summed E-state index contributed by atoms with van der Waals surface area (Å²) in [6.45, 7) is 0.448. The van der Waals surface area contributed by atoms with Crippen molar-refractivity contribution in [3.8, 4) is 17.2 Å². The second-order valence-corrected chi connectivity index (χ2v) is 4.25. The molecule has 106 valence electrons. The van der Waals surface area contributed by atoms with Crippen LogP contribution in [0.1, 0.15) is 11.1 Å². The Morgan fingerprint density at radius 2 is 1.40 bits per heavy atom. The van der Waals surface area contributed by atoms with Gasteiger partial charge < -0.3 is 19.3 Å². The number of benzene rings is 2. The summed E-state index contributed by atoms with van der Waals surface area (Å²) in [7, 11) is 3.19. The number of aliphatic hydroxyl groups is 1. The highest BCUT2D eigenvalue weighted by atomic mass is 16.5. The van der Waals surface area contributed by atoms with Gasteiger partial charge in [-0.05, 0) is 23.3 Å². The van der Waals surface area contributed by atoms with Gasteiger partial charge in [-0.1, -0.05) is 30.3 Å². The van der Waals surface area contributed by atoms with E-state index < -0.39 is 0 Å². The zero-order chi connectivity index (χ0) is 14.4. The van der Waals surface area contributed by atoms with Crippen molar-refractivity contribution < 1.29 is 19.3 Å². The molecule has 2 aromatic carbocycles. The second-order valence-electron chi connectivity index (χ2n) is 4.25. The molecule has 0 heterocycles. The molecule has 0 atom stereocenters. The van der Waals surface area contributed by atoms with E-state index in [4.69, 9.17) is 19.3 Å². The summed E-state index contributed by atoms with van der Waals surface area (Å²) >= 11 is 0. The summed E-state index contributed by atoms with van der Waals surface area (Å²) in [5, 5.41) is 9.01. The highest BCUT2D eigenvalue weighted by molar-refractivity contribution is 5.51. The van der Waals surface area contributed by atoms with E-state index in [-0.39, 0.29) is 6.61 Å². The Labute approximate surface area is 118 Å². The van der Waals surface area contributed by atoms with Gasteiger partial charge in [-0.2, -0.15) is 0 Å². The van der Waals surface area contributed by atoms with E-state index >= 15 is 0 Å². The van der Waals surface area contributed by atoms with Crippen LogP contribution in [0.15, 0.2) is 42.5 Å². The van der Waals surface area contributed by atoms with Crippen molar-refractivity contribution in [3.63, 3.8) is 0 Å². The number of methoxy groups -OCH3 is 2. The summed E-state index contributed by atoms with van der Waals surface area (Å²) in [6, 6.07) is 13.1. The van der Waals surface area contributed by atoms with E-state index in [0.717, 1.165) is 11.1 Å². The predicted octanol–water partition coefficient (Wildman–Crippen LogP) is 2.78. The lowest BCUT2D eigenvalue weighted by Gasteiger charge is -2.14. The van der Waals surface area contributed by atoms with Gasteiger partial charge in [0.25, 0.3) is 0 Å². The first-order valence-electron chi connectivity index (χ1n) is 6.31. The molecule has 0 bridgehead atoms. The minimum atomic E-state index is 0.0431. The summed E-state index contributed by atoms with van der Waals surface area (Å²) in [6.07, 6.45) is 0. The molecule has 2 aromatic rings. The molecule has 20 heavy (non-hydrogen) atoms. The standard InChI is InChI=1S/C16H18O4/c1-18-14-4-3-5-15(19-2)16(14)20-11-13-8-6-12(10-17)7-9-13/h3-9,17H,10-11H2,1-2H3. The molecular weight excluding hydrogens is 256 g/mol. The fraction of sp³-hybridized carbons (Fsp3) is 0.250. The van der Waals surface area contributed by atoms with Crippen LogP contribution in [-0.2, 0) is 13.2 Å². The van der Waals surface area contributed by atoms with Crippen LogP contribution in [0.5, 0.6) is 17.2 Å². The molecule has 0 saturated heterocycles. The van der Waals surface area contributed by atoms with Gasteiger partial charge in [-0.25, -0.2) is 0 Å². The average Bonchev–Trinajstić information content (AvgIpc) is 2.52. The molecule has 0 aromatic heterocycles. The number of hydrogen-bond acceptors (Lipinski definition) is 4. The van der Waals surface area contributed by atoms with Crippen LogP contribution in [-0.4, -0.2) is 19.3 Å². The summed E-state index contributed by atoms with van der Waals surface area (Å²) in [5.74, 6) is 1.86. The largest absolute Gasteiger partial charge is 0.493 e. The number of hydrogen-bond donors (Lipinski definition) is 1. The van der Waals surface area contributed by atoms with Gasteiger partial charge in [-0.3, -0.25) is 0 Å². The lowest BCUT2D eigenvalue weighted by Crippen LogP contribution is -2.00. The SMILES string of the molecule is COc1cccc(OC)c1OCc1ccc(CO)cc1. The van der Waals surface area contributed by atoms with E-state index in [1.807, 2.05) is 42.5 Å². The van der Waals surface area contributed by atoms with Gasteiger partial charge in [0, 0.05) is 0 Å². The van der Waals surface area contributed by atoms with E-state index in [2.05, 4.69) is 0 Å². The monoisotopic (exact) mass is 274 g/mol. The lowest BCUT2D eigenvalue weighted by atomic mass is 10.1. The maximum Gasteiger partial charge on any atom is 0.203 e. The first-order chi connectivity index (χ1) is 9.78. The molecule has 2 rings (SSSR count). The molecule has 0 fully saturated rings. The minimum Gasteiger partial charge on any atom is -0.493 e. The maximum absolute atomic E-state index is 9.01. The van der Waals surface area contributed by atoms with Crippen molar-refractivity contribution in [2.75, 3.05) is 14.2 Å². The van der Waals surface area contributed by atoms with E-state index in [1.165, 1.54) is 0 Å². The summed E-state index contributed by atoms with van der Waals surface area (Å²) < 4.78 is 16.3. The molecule has 0 spiro atoms. The molecule has 0 unspecified atom stereocenters. The van der Waals surface area contributed by atoms with Crippen molar-refractivity contribution in [2.45, 2.75) is 13.2 Å². The average molecular weight is 274 g/mol. The molecule has 1 N–H and O–H groups in total. The van der Waals surface area contributed by atoms with Crippen molar-refractivity contribution in [2.24, 2.45) is 0 Å². The third-order valence-corrected chi connectivity index (χ3v) is 2.97. The molecule has 0 saturated carbocycles. The normalized spacial score (nSPS) is 10.2. The Hall–Kier alpha value is -2.20. The molecular formula is C16H18O4. The van der Waals surface area contributed by atoms with Gasteiger partial charge in [0.05, 0.1) is 20.8 Å². The zero-order valence-electron chi connectivity index (χ0n) is 11.6. The lowest BCUT2D eigenvalue weighted by molar-refractivity contribution is 0.265. The smallest absolute Gasteiger partial charge is 0.203 e. The van der Waals surface area contributed by atoms with Crippen LogP contribution in [0.25, 0.3) is 0 Å². The molecule has 4 heteroatoms. The number of aliphatic hydroxyl groups excluding tert-OH is 1. The quantitative estimate of drug-likeness (QED) is 0.880. The molecule has 0 aliphatic rings. The van der Waals surface area contributed by atoms with E-state index in [1.54, 1.807) is 14.2 Å². The summed E-state index contributed by atoms with van der Waals surface area (Å²) in [5.41, 5.74) is 1.89. The molecule has 4 nitrogen and oxygen atoms in total. The Bertz CT molecular complexity index is 527. The van der Waals surface area contributed by atoms with Crippen LogP contribution < -0.4 is 14.2 Å². The Balaban J connectivity index is 2.13. The molecule has 0 radical (unpaired) electrons. The number of rotatable bonds is 6. The zero-order valence-corrected chi connectivity index (χ0v) is 11.6. The second kappa shape index (κ2) is 6.82. The fourth-order valence-electron chi connectivity index (χ4n) is 1.86. The topological polar surface area (TPSA) is 47.9 Å². The highest BCUT2D eigenvalue weighted by Gasteiger charge is 2.11. The van der Waals surface area contributed by atoms with Crippen LogP contribution in [0.4, 0.5) is 0 Å². The van der Waals surface area contributed by atoms with Gasteiger partial charge in [0.1, 0.15) is 6.61 Å². The Kier molecular flexibility index (Phi) is 4.85. The van der Waals surface area contributed by atoms with Crippen LogP contribution in [0.2, 0.25) is 0 Å². The molecule has 0 aliphatic heterocycles. The first-order valence-corrected chi connectivity index (χ1v) is 6.31. The van der Waals surface area contributed by atoms with Gasteiger partial charge in [-0.15, -0.1) is 0 Å². The maximum atomic E-state index is 9.01. The van der Waals surface area contributed by atoms with Crippen molar-refractivity contribution in [3.05, 3.63) is 53.6 Å². The highest BCUT2D eigenvalue weighted by Crippen LogP contribution is 2.37. The number of ether oxygens (including phenoxy) is 3. The van der Waals surface area contributed by atoms with Crippen LogP contribution in [0, 0.1) is 0 Å². The number of para-hydroxylation sites is 1. The van der Waals surface area contributed by atoms with E-state index in [0.29, 0.717) is 23.9 Å². The Morgan fingerprint density at radius 3 is 1.90 bits per heavy atom. The van der Waals surface area contributed by atoms with Crippen molar-refractivity contribution in [1.82, 2.24) is 0 Å². The summed E-state index contributed by atoms with van der Waals surface area (Å²) in [4.78, 5) is 0. The Morgan fingerprint density at radius 1 is 0.850 bits per heavy atom. The molecule has 0 aliphatic carbocycles. The fourth-order valence-corrected chi connectivity index (χ4v) is 1.86. The molecule has 0 amide bonds. The van der Waals surface area contributed by atoms with Crippen LogP contribution >= 0.6 is 0 Å². The van der Waals surface area contributed by atoms with Gasteiger partial charge in [0.2, 0.25) is 5.75 Å². The van der Waals surface area contributed by atoms with Crippen molar-refractivity contribution in [1.29, 1.82) is 0 Å². The third-order valence-electron chi connectivity index (χ3n) is 2.97. The van der Waals surface area contributed by atoms with Gasteiger partial charge >= 0.3 is 0 Å². The van der Waals surface area contributed by atoms with Crippen LogP contribution in [0.3, 0.4) is 0 Å². The minimum absolute atomic E-state index is 0.0431. The first kappa shape index (κ1) is 14.2.